The fourth-order valence-electron chi connectivity index (χ4n) is 2.17. The van der Waals surface area contributed by atoms with Crippen molar-refractivity contribution in [1.82, 2.24) is 5.32 Å². The third kappa shape index (κ3) is 4.96. The molecule has 2 rings (SSSR count). The van der Waals surface area contributed by atoms with E-state index < -0.39 is 17.9 Å². The van der Waals surface area contributed by atoms with Gasteiger partial charge in [-0.2, -0.15) is 0 Å². The Bertz CT molecular complexity index is 663. The highest BCUT2D eigenvalue weighted by Crippen LogP contribution is 2.17. The van der Waals surface area contributed by atoms with E-state index in [1.165, 1.54) is 6.26 Å². The van der Waals surface area contributed by atoms with E-state index in [0.717, 1.165) is 5.56 Å². The molecular formula is C18H22N2O4. The highest BCUT2D eigenvalue weighted by atomic mass is 16.4. The number of aliphatic hydroxyl groups is 1. The fourth-order valence-corrected chi connectivity index (χ4v) is 2.17. The van der Waals surface area contributed by atoms with Crippen LogP contribution < -0.4 is 10.6 Å². The number of nitrogens with one attached hydrogen (secondary N) is 2. The van der Waals surface area contributed by atoms with E-state index in [1.807, 2.05) is 12.1 Å². The normalized spacial score (nSPS) is 12.0. The number of benzene rings is 1. The van der Waals surface area contributed by atoms with Gasteiger partial charge in [-0.25, -0.2) is 0 Å². The number of hydrogen-bond donors (Lipinski definition) is 3. The lowest BCUT2D eigenvalue weighted by atomic mass is 10.0. The van der Waals surface area contributed by atoms with Gasteiger partial charge < -0.3 is 20.2 Å². The Hall–Kier alpha value is -2.60. The molecule has 0 spiro atoms. The van der Waals surface area contributed by atoms with Crippen LogP contribution in [-0.4, -0.2) is 23.5 Å². The van der Waals surface area contributed by atoms with E-state index in [0.29, 0.717) is 17.4 Å². The first-order valence-corrected chi connectivity index (χ1v) is 7.88. The minimum atomic E-state index is -0.813. The molecule has 1 heterocycles. The summed E-state index contributed by atoms with van der Waals surface area (Å²) >= 11 is 0. The smallest absolute Gasteiger partial charge is 0.313 e. The molecule has 6 heteroatoms. The summed E-state index contributed by atoms with van der Waals surface area (Å²) in [6.45, 7) is 4.33. The molecule has 1 unspecified atom stereocenters. The van der Waals surface area contributed by atoms with Gasteiger partial charge in [-0.1, -0.05) is 26.0 Å². The zero-order chi connectivity index (χ0) is 17.5. The van der Waals surface area contributed by atoms with Crippen molar-refractivity contribution in [3.8, 4) is 0 Å². The minimum absolute atomic E-state index is 0.167. The Morgan fingerprint density at radius 2 is 1.83 bits per heavy atom. The molecule has 24 heavy (non-hydrogen) atoms. The molecule has 1 aromatic heterocycles. The van der Waals surface area contributed by atoms with Gasteiger partial charge in [-0.15, -0.1) is 0 Å². The van der Waals surface area contributed by atoms with Crippen LogP contribution in [0.15, 0.2) is 47.1 Å². The van der Waals surface area contributed by atoms with Gasteiger partial charge in [-0.3, -0.25) is 9.59 Å². The summed E-state index contributed by atoms with van der Waals surface area (Å²) in [7, 11) is 0. The standard InChI is InChI=1S/C18H22N2O4/c1-12(2)13-5-7-14(8-6-13)20-18(23)17(22)19-10-9-15(21)16-4-3-11-24-16/h3-8,11-12,15,21H,9-10H2,1-2H3,(H,19,22)(H,20,23). The van der Waals surface area contributed by atoms with E-state index >= 15 is 0 Å². The summed E-state index contributed by atoms with van der Waals surface area (Å²) in [5, 5.41) is 14.8. The lowest BCUT2D eigenvalue weighted by molar-refractivity contribution is -0.136. The number of hydrogen-bond acceptors (Lipinski definition) is 4. The van der Waals surface area contributed by atoms with E-state index in [2.05, 4.69) is 24.5 Å². The van der Waals surface area contributed by atoms with Crippen LogP contribution in [0.5, 0.6) is 0 Å². The molecule has 0 radical (unpaired) electrons. The predicted octanol–water partition coefficient (Wildman–Crippen LogP) is 2.58. The second kappa shape index (κ2) is 8.31. The molecule has 2 aromatic rings. The maximum absolute atomic E-state index is 11.8. The summed E-state index contributed by atoms with van der Waals surface area (Å²) in [5.74, 6) is -0.646. The lowest BCUT2D eigenvalue weighted by Gasteiger charge is -2.10. The molecule has 1 aromatic carbocycles. The van der Waals surface area contributed by atoms with Gasteiger partial charge in [0.05, 0.1) is 6.26 Å². The second-order valence-corrected chi connectivity index (χ2v) is 5.81. The molecule has 0 aliphatic rings. The number of anilines is 1. The number of carbonyl (C=O) groups excluding carboxylic acids is 2. The molecule has 0 fully saturated rings. The van der Waals surface area contributed by atoms with Gasteiger partial charge in [0.25, 0.3) is 0 Å². The van der Waals surface area contributed by atoms with Gasteiger partial charge in [0.15, 0.2) is 0 Å². The quantitative estimate of drug-likeness (QED) is 0.710. The average molecular weight is 330 g/mol. The molecule has 0 aliphatic carbocycles. The third-order valence-electron chi connectivity index (χ3n) is 3.62. The van der Waals surface area contributed by atoms with Crippen LogP contribution in [0.4, 0.5) is 5.69 Å². The highest BCUT2D eigenvalue weighted by molar-refractivity contribution is 6.39. The fraction of sp³-hybridized carbons (Fsp3) is 0.333. The topological polar surface area (TPSA) is 91.6 Å². The van der Waals surface area contributed by atoms with Crippen LogP contribution in [0.2, 0.25) is 0 Å². The van der Waals surface area contributed by atoms with Crippen molar-refractivity contribution in [2.45, 2.75) is 32.3 Å². The van der Waals surface area contributed by atoms with Crippen LogP contribution in [0.3, 0.4) is 0 Å². The monoisotopic (exact) mass is 330 g/mol. The number of furan rings is 1. The molecule has 0 bridgehead atoms. The van der Waals surface area contributed by atoms with Crippen LogP contribution >= 0.6 is 0 Å². The maximum Gasteiger partial charge on any atom is 0.313 e. The first-order chi connectivity index (χ1) is 11.5. The molecule has 2 amide bonds. The summed E-state index contributed by atoms with van der Waals surface area (Å²) in [5.41, 5.74) is 1.72. The number of amides is 2. The molecule has 128 valence electrons. The summed E-state index contributed by atoms with van der Waals surface area (Å²) in [4.78, 5) is 23.6. The third-order valence-corrected chi connectivity index (χ3v) is 3.62. The Morgan fingerprint density at radius 3 is 2.42 bits per heavy atom. The molecule has 0 saturated carbocycles. The zero-order valence-electron chi connectivity index (χ0n) is 13.8. The van der Waals surface area contributed by atoms with Gasteiger partial charge in [0.2, 0.25) is 0 Å². The zero-order valence-corrected chi connectivity index (χ0v) is 13.8. The van der Waals surface area contributed by atoms with E-state index in [-0.39, 0.29) is 13.0 Å². The van der Waals surface area contributed by atoms with Crippen LogP contribution in [0.1, 0.15) is 43.6 Å². The van der Waals surface area contributed by atoms with Gasteiger partial charge in [0, 0.05) is 12.2 Å². The molecule has 1 atom stereocenters. The molecule has 6 nitrogen and oxygen atoms in total. The number of aliphatic hydroxyl groups excluding tert-OH is 1. The Morgan fingerprint density at radius 1 is 1.12 bits per heavy atom. The van der Waals surface area contributed by atoms with Crippen molar-refractivity contribution in [1.29, 1.82) is 0 Å². The van der Waals surface area contributed by atoms with Crippen LogP contribution in [0.25, 0.3) is 0 Å². The summed E-state index contributed by atoms with van der Waals surface area (Å²) < 4.78 is 5.06. The largest absolute Gasteiger partial charge is 0.467 e. The van der Waals surface area contributed by atoms with E-state index in [1.54, 1.807) is 24.3 Å². The second-order valence-electron chi connectivity index (χ2n) is 5.81. The van der Waals surface area contributed by atoms with E-state index in [9.17, 15) is 14.7 Å². The molecular weight excluding hydrogens is 308 g/mol. The maximum atomic E-state index is 11.8. The molecule has 3 N–H and O–H groups in total. The summed E-state index contributed by atoms with van der Waals surface area (Å²) in [6.07, 6.45) is 0.914. The van der Waals surface area contributed by atoms with Crippen molar-refractivity contribution in [2.75, 3.05) is 11.9 Å². The van der Waals surface area contributed by atoms with Crippen molar-refractivity contribution in [3.63, 3.8) is 0 Å². The van der Waals surface area contributed by atoms with Crippen molar-refractivity contribution < 1.29 is 19.1 Å². The summed E-state index contributed by atoms with van der Waals surface area (Å²) in [6, 6.07) is 10.7. The number of rotatable bonds is 6. The van der Waals surface area contributed by atoms with Gasteiger partial charge >= 0.3 is 11.8 Å². The Balaban J connectivity index is 1.76. The van der Waals surface area contributed by atoms with Crippen molar-refractivity contribution >= 4 is 17.5 Å². The first-order valence-electron chi connectivity index (χ1n) is 7.88. The van der Waals surface area contributed by atoms with Crippen molar-refractivity contribution in [2.24, 2.45) is 0 Å². The van der Waals surface area contributed by atoms with Gasteiger partial charge in [0.1, 0.15) is 11.9 Å². The Kier molecular flexibility index (Phi) is 6.14. The molecule has 0 saturated heterocycles. The lowest BCUT2D eigenvalue weighted by Crippen LogP contribution is -2.36. The minimum Gasteiger partial charge on any atom is -0.467 e. The van der Waals surface area contributed by atoms with Crippen molar-refractivity contribution in [3.05, 3.63) is 54.0 Å². The number of carbonyl (C=O) groups is 2. The van der Waals surface area contributed by atoms with Crippen LogP contribution in [0, 0.1) is 0 Å². The molecule has 0 aliphatic heterocycles. The van der Waals surface area contributed by atoms with Gasteiger partial charge in [-0.05, 0) is 42.2 Å². The van der Waals surface area contributed by atoms with E-state index in [4.69, 9.17) is 4.42 Å². The first kappa shape index (κ1) is 17.7. The Labute approximate surface area is 140 Å². The average Bonchev–Trinajstić information content (AvgIpc) is 3.09. The predicted molar refractivity (Wildman–Crippen MR) is 90.5 cm³/mol. The van der Waals surface area contributed by atoms with Crippen LogP contribution in [-0.2, 0) is 9.59 Å². The SMILES string of the molecule is CC(C)c1ccc(NC(=O)C(=O)NCCC(O)c2ccco2)cc1. The highest BCUT2D eigenvalue weighted by Gasteiger charge is 2.15.